The minimum absolute atomic E-state index is 0.641. The third-order valence-corrected chi connectivity index (χ3v) is 2.16. The maximum Gasteiger partial charge on any atom is 0.113 e. The lowest BCUT2D eigenvalue weighted by Crippen LogP contribution is -1.94. The quantitative estimate of drug-likeness (QED) is 0.728. The molecule has 0 bridgehead atoms. The molecule has 1 aromatic heterocycles. The number of hydrogen-bond donors (Lipinski definition) is 0. The third-order valence-electron chi connectivity index (χ3n) is 2.16. The van der Waals surface area contributed by atoms with E-state index in [0.717, 1.165) is 11.3 Å². The molecule has 0 aliphatic rings. The number of nitrogens with zero attached hydrogens (tertiary/aromatic N) is 4. The van der Waals surface area contributed by atoms with Gasteiger partial charge in [-0.25, -0.2) is 4.68 Å². The van der Waals surface area contributed by atoms with Gasteiger partial charge in [0.2, 0.25) is 0 Å². The van der Waals surface area contributed by atoms with Crippen molar-refractivity contribution in [2.45, 2.75) is 6.54 Å². The molecule has 1 aromatic carbocycles. The van der Waals surface area contributed by atoms with Crippen molar-refractivity contribution in [1.29, 1.82) is 5.26 Å². The van der Waals surface area contributed by atoms with Crippen molar-refractivity contribution in [3.05, 3.63) is 48.7 Å². The highest BCUT2D eigenvalue weighted by Crippen LogP contribution is 2.16. The third kappa shape index (κ3) is 1.98. The first-order valence-electron chi connectivity index (χ1n) is 4.85. The van der Waals surface area contributed by atoms with Crippen molar-refractivity contribution in [1.82, 2.24) is 15.0 Å². The fourth-order valence-electron chi connectivity index (χ4n) is 1.37. The van der Waals surface area contributed by atoms with Crippen molar-refractivity contribution in [2.24, 2.45) is 0 Å². The summed E-state index contributed by atoms with van der Waals surface area (Å²) >= 11 is 0. The van der Waals surface area contributed by atoms with Crippen LogP contribution in [0.2, 0.25) is 0 Å². The van der Waals surface area contributed by atoms with Crippen LogP contribution in [0.1, 0.15) is 5.56 Å². The molecular weight excluding hydrogens is 200 g/mol. The van der Waals surface area contributed by atoms with E-state index >= 15 is 0 Å². The predicted octanol–water partition coefficient (Wildman–Crippen LogP) is 2.00. The number of benzene rings is 1. The van der Waals surface area contributed by atoms with Gasteiger partial charge in [0.1, 0.15) is 5.69 Å². The molecule has 0 atom stereocenters. The molecule has 0 unspecified atom stereocenters. The summed E-state index contributed by atoms with van der Waals surface area (Å²) in [7, 11) is 0. The van der Waals surface area contributed by atoms with E-state index in [0.29, 0.717) is 12.1 Å². The largest absolute Gasteiger partial charge is 0.248 e. The Morgan fingerprint density at radius 3 is 2.75 bits per heavy atom. The van der Waals surface area contributed by atoms with Crippen LogP contribution in [0.3, 0.4) is 0 Å². The number of aromatic nitrogens is 3. The van der Waals surface area contributed by atoms with Gasteiger partial charge in [0, 0.05) is 5.56 Å². The lowest BCUT2D eigenvalue weighted by Gasteiger charge is -1.94. The second-order valence-corrected chi connectivity index (χ2v) is 3.30. The molecular formula is C12H10N4. The van der Waals surface area contributed by atoms with E-state index in [-0.39, 0.29) is 0 Å². The van der Waals surface area contributed by atoms with Crippen LogP contribution in [-0.4, -0.2) is 15.0 Å². The first-order chi connectivity index (χ1) is 7.83. The summed E-state index contributed by atoms with van der Waals surface area (Å²) in [5.74, 6) is 0. The standard InChI is InChI=1S/C12H10N4/c1-2-7-16-9-12(14-15-16)11-5-3-10(8-13)4-6-11/h2-6,9H,1,7H2. The summed E-state index contributed by atoms with van der Waals surface area (Å²) in [6.07, 6.45) is 3.61. The second-order valence-electron chi connectivity index (χ2n) is 3.30. The molecule has 4 heteroatoms. The Hall–Kier alpha value is -2.41. The molecule has 0 radical (unpaired) electrons. The van der Waals surface area contributed by atoms with Gasteiger partial charge in [0.05, 0.1) is 24.4 Å². The SMILES string of the molecule is C=CCn1cc(-c2ccc(C#N)cc2)nn1. The average Bonchev–Trinajstić information content (AvgIpc) is 2.78. The van der Waals surface area contributed by atoms with Crippen LogP contribution >= 0.6 is 0 Å². The molecule has 78 valence electrons. The van der Waals surface area contributed by atoms with Gasteiger partial charge in [0.15, 0.2) is 0 Å². The van der Waals surface area contributed by atoms with E-state index in [4.69, 9.17) is 5.26 Å². The van der Waals surface area contributed by atoms with Gasteiger partial charge < -0.3 is 0 Å². The van der Waals surface area contributed by atoms with E-state index in [2.05, 4.69) is 23.0 Å². The average molecular weight is 210 g/mol. The predicted molar refractivity (Wildman–Crippen MR) is 60.4 cm³/mol. The second kappa shape index (κ2) is 4.41. The zero-order valence-corrected chi connectivity index (χ0v) is 8.67. The zero-order chi connectivity index (χ0) is 11.4. The minimum Gasteiger partial charge on any atom is -0.248 e. The molecule has 1 heterocycles. The number of allylic oxidation sites excluding steroid dienone is 1. The van der Waals surface area contributed by atoms with Crippen LogP contribution in [0.15, 0.2) is 43.1 Å². The monoisotopic (exact) mass is 210 g/mol. The molecule has 0 amide bonds. The van der Waals surface area contributed by atoms with Gasteiger partial charge in [-0.15, -0.1) is 11.7 Å². The van der Waals surface area contributed by atoms with Gasteiger partial charge >= 0.3 is 0 Å². The van der Waals surface area contributed by atoms with Crippen molar-refractivity contribution in [2.75, 3.05) is 0 Å². The summed E-state index contributed by atoms with van der Waals surface area (Å²) in [4.78, 5) is 0. The Bertz CT molecular complexity index is 531. The fourth-order valence-corrected chi connectivity index (χ4v) is 1.37. The first kappa shape index (κ1) is 10.1. The Balaban J connectivity index is 2.28. The summed E-state index contributed by atoms with van der Waals surface area (Å²) in [6.45, 7) is 4.28. The Morgan fingerprint density at radius 2 is 2.12 bits per heavy atom. The summed E-state index contributed by atoms with van der Waals surface area (Å²) < 4.78 is 1.71. The van der Waals surface area contributed by atoms with Crippen LogP contribution in [-0.2, 0) is 6.54 Å². The molecule has 0 N–H and O–H groups in total. The van der Waals surface area contributed by atoms with E-state index in [1.807, 2.05) is 18.3 Å². The normalized spacial score (nSPS) is 9.69. The lowest BCUT2D eigenvalue weighted by atomic mass is 10.1. The van der Waals surface area contributed by atoms with Crippen molar-refractivity contribution in [3.8, 4) is 17.3 Å². The maximum absolute atomic E-state index is 8.68. The van der Waals surface area contributed by atoms with E-state index in [1.165, 1.54) is 0 Å². The van der Waals surface area contributed by atoms with Crippen LogP contribution in [0, 0.1) is 11.3 Å². The molecule has 2 rings (SSSR count). The molecule has 16 heavy (non-hydrogen) atoms. The highest BCUT2D eigenvalue weighted by atomic mass is 15.4. The van der Waals surface area contributed by atoms with E-state index in [1.54, 1.807) is 22.9 Å². The molecule has 2 aromatic rings. The van der Waals surface area contributed by atoms with Gasteiger partial charge in [0.25, 0.3) is 0 Å². The lowest BCUT2D eigenvalue weighted by molar-refractivity contribution is 0.662. The molecule has 0 spiro atoms. The highest BCUT2D eigenvalue weighted by Gasteiger charge is 2.02. The summed E-state index contributed by atoms with van der Waals surface area (Å²) in [6, 6.07) is 9.33. The van der Waals surface area contributed by atoms with Crippen molar-refractivity contribution in [3.63, 3.8) is 0 Å². The van der Waals surface area contributed by atoms with Crippen molar-refractivity contribution >= 4 is 0 Å². The summed E-state index contributed by atoms with van der Waals surface area (Å²) in [5.41, 5.74) is 2.39. The Kier molecular flexibility index (Phi) is 2.79. The Morgan fingerprint density at radius 1 is 1.38 bits per heavy atom. The fraction of sp³-hybridized carbons (Fsp3) is 0.0833. The van der Waals surface area contributed by atoms with Crippen LogP contribution in [0.5, 0.6) is 0 Å². The number of hydrogen-bond acceptors (Lipinski definition) is 3. The van der Waals surface area contributed by atoms with Crippen LogP contribution < -0.4 is 0 Å². The molecule has 0 aliphatic carbocycles. The smallest absolute Gasteiger partial charge is 0.113 e. The van der Waals surface area contributed by atoms with E-state index < -0.39 is 0 Å². The first-order valence-corrected chi connectivity index (χ1v) is 4.85. The Labute approximate surface area is 93.4 Å². The zero-order valence-electron chi connectivity index (χ0n) is 8.67. The van der Waals surface area contributed by atoms with Crippen molar-refractivity contribution < 1.29 is 0 Å². The van der Waals surface area contributed by atoms with Crippen LogP contribution in [0.25, 0.3) is 11.3 Å². The molecule has 0 fully saturated rings. The topological polar surface area (TPSA) is 54.5 Å². The van der Waals surface area contributed by atoms with Gasteiger partial charge in [-0.05, 0) is 12.1 Å². The number of rotatable bonds is 3. The number of nitriles is 1. The minimum atomic E-state index is 0.641. The van der Waals surface area contributed by atoms with Gasteiger partial charge in [-0.2, -0.15) is 5.26 Å². The maximum atomic E-state index is 8.68. The van der Waals surface area contributed by atoms with E-state index in [9.17, 15) is 0 Å². The van der Waals surface area contributed by atoms with Crippen LogP contribution in [0.4, 0.5) is 0 Å². The van der Waals surface area contributed by atoms with Gasteiger partial charge in [-0.1, -0.05) is 23.4 Å². The molecule has 0 saturated heterocycles. The van der Waals surface area contributed by atoms with Gasteiger partial charge in [-0.3, -0.25) is 0 Å². The highest BCUT2D eigenvalue weighted by molar-refractivity contribution is 5.58. The molecule has 4 nitrogen and oxygen atoms in total. The summed E-state index contributed by atoms with van der Waals surface area (Å²) in [5, 5.41) is 16.7. The molecule has 0 aliphatic heterocycles. The molecule has 0 saturated carbocycles.